The van der Waals surface area contributed by atoms with Gasteiger partial charge in [0.15, 0.2) is 0 Å². The van der Waals surface area contributed by atoms with Gasteiger partial charge in [-0.25, -0.2) is 0 Å². The first-order chi connectivity index (χ1) is 7.64. The molecule has 0 amide bonds. The molecule has 0 atom stereocenters. The Bertz CT molecular complexity index is 260. The first-order valence-electron chi connectivity index (χ1n) is 7.09. The van der Waals surface area contributed by atoms with Gasteiger partial charge in [-0.05, 0) is 23.8 Å². The molecule has 1 aliphatic rings. The summed E-state index contributed by atoms with van der Waals surface area (Å²) in [6.45, 7) is 19.2. The average Bonchev–Trinajstić information content (AvgIpc) is 2.17. The van der Waals surface area contributed by atoms with Gasteiger partial charge < -0.3 is 4.90 Å². The van der Waals surface area contributed by atoms with Gasteiger partial charge in [-0.1, -0.05) is 55.4 Å². The van der Waals surface area contributed by atoms with Crippen LogP contribution in [0.3, 0.4) is 0 Å². The highest BCUT2D eigenvalue weighted by Gasteiger charge is 2.32. The Labute approximate surface area is 109 Å². The maximum absolute atomic E-state index is 2.46. The average molecular weight is 239 g/mol. The van der Waals surface area contributed by atoms with Gasteiger partial charge in [0.05, 0.1) is 0 Å². The molecular formula is C16H33N. The number of hydrogen-bond acceptors (Lipinski definition) is 1. The second kappa shape index (κ2) is 5.93. The van der Waals surface area contributed by atoms with Crippen LogP contribution in [-0.4, -0.2) is 18.5 Å². The van der Waals surface area contributed by atoms with E-state index < -0.39 is 0 Å². The fraction of sp³-hybridized carbons (Fsp3) is 0.875. The molecule has 1 heteroatoms. The van der Waals surface area contributed by atoms with Crippen LogP contribution in [0.25, 0.3) is 0 Å². The summed E-state index contributed by atoms with van der Waals surface area (Å²) in [4.78, 5) is 2.46. The Balaban J connectivity index is 0.00000121. The molecule has 0 aromatic heterocycles. The molecule has 0 radical (unpaired) electrons. The van der Waals surface area contributed by atoms with Gasteiger partial charge in [0.2, 0.25) is 0 Å². The van der Waals surface area contributed by atoms with Crippen molar-refractivity contribution < 1.29 is 0 Å². The van der Waals surface area contributed by atoms with Crippen LogP contribution in [-0.2, 0) is 0 Å². The van der Waals surface area contributed by atoms with Crippen LogP contribution in [0.4, 0.5) is 0 Å². The highest BCUT2D eigenvalue weighted by atomic mass is 15.1. The number of hydrogen-bond donors (Lipinski definition) is 0. The largest absolute Gasteiger partial charge is 0.377 e. The molecule has 0 fully saturated rings. The molecule has 0 N–H and O–H groups in total. The van der Waals surface area contributed by atoms with Gasteiger partial charge >= 0.3 is 0 Å². The number of nitrogens with zero attached hydrogens (tertiary/aromatic N) is 1. The van der Waals surface area contributed by atoms with Gasteiger partial charge in [0.25, 0.3) is 0 Å². The van der Waals surface area contributed by atoms with E-state index in [4.69, 9.17) is 0 Å². The predicted octanol–water partition coefficient (Wildman–Crippen LogP) is 5.08. The summed E-state index contributed by atoms with van der Waals surface area (Å²) in [5.41, 5.74) is 3.82. The first-order valence-corrected chi connectivity index (χ1v) is 7.09. The van der Waals surface area contributed by atoms with Crippen molar-refractivity contribution in [3.8, 4) is 0 Å². The Morgan fingerprint density at radius 2 is 1.35 bits per heavy atom. The molecule has 0 saturated carbocycles. The van der Waals surface area contributed by atoms with E-state index in [1.54, 1.807) is 11.3 Å². The van der Waals surface area contributed by atoms with E-state index in [-0.39, 0.29) is 5.41 Å². The lowest BCUT2D eigenvalue weighted by Crippen LogP contribution is -2.35. The highest BCUT2D eigenvalue weighted by molar-refractivity contribution is 5.25. The SMILES string of the molecule is CC.CN1CCCC(C(C)(C)C)=C1C(C)(C)C. The van der Waals surface area contributed by atoms with Gasteiger partial charge in [0.1, 0.15) is 0 Å². The van der Waals surface area contributed by atoms with Gasteiger partial charge in [-0.3, -0.25) is 0 Å². The molecular weight excluding hydrogens is 206 g/mol. The quantitative estimate of drug-likeness (QED) is 0.569. The number of rotatable bonds is 0. The maximum atomic E-state index is 2.46. The van der Waals surface area contributed by atoms with E-state index in [9.17, 15) is 0 Å². The summed E-state index contributed by atoms with van der Waals surface area (Å²) in [7, 11) is 2.24. The van der Waals surface area contributed by atoms with E-state index in [2.05, 4.69) is 53.5 Å². The molecule has 0 aromatic carbocycles. The van der Waals surface area contributed by atoms with E-state index in [1.807, 2.05) is 13.8 Å². The Morgan fingerprint density at radius 3 is 1.65 bits per heavy atom. The third-order valence-electron chi connectivity index (χ3n) is 3.20. The van der Waals surface area contributed by atoms with Crippen LogP contribution < -0.4 is 0 Å². The van der Waals surface area contributed by atoms with E-state index in [0.717, 1.165) is 0 Å². The van der Waals surface area contributed by atoms with Crippen LogP contribution >= 0.6 is 0 Å². The Morgan fingerprint density at radius 1 is 0.882 bits per heavy atom. The zero-order valence-corrected chi connectivity index (χ0v) is 13.6. The lowest BCUT2D eigenvalue weighted by molar-refractivity contribution is 0.259. The molecule has 0 spiro atoms. The Kier molecular flexibility index (Phi) is 5.77. The van der Waals surface area contributed by atoms with Crippen molar-refractivity contribution in [1.82, 2.24) is 4.90 Å². The molecule has 1 heterocycles. The van der Waals surface area contributed by atoms with Crippen LogP contribution in [0.5, 0.6) is 0 Å². The van der Waals surface area contributed by atoms with Crippen molar-refractivity contribution in [2.45, 2.75) is 68.2 Å². The smallest absolute Gasteiger partial charge is 0.0182 e. The highest BCUT2D eigenvalue weighted by Crippen LogP contribution is 2.42. The van der Waals surface area contributed by atoms with Gasteiger partial charge in [-0.15, -0.1) is 0 Å². The maximum Gasteiger partial charge on any atom is 0.0182 e. The summed E-state index contributed by atoms with van der Waals surface area (Å²) in [6.07, 6.45) is 2.59. The molecule has 1 nitrogen and oxygen atoms in total. The number of allylic oxidation sites excluding steroid dienone is 2. The van der Waals surface area contributed by atoms with E-state index in [0.29, 0.717) is 5.41 Å². The fourth-order valence-corrected chi connectivity index (χ4v) is 2.71. The molecule has 17 heavy (non-hydrogen) atoms. The second-order valence-electron chi connectivity index (χ2n) is 6.85. The minimum Gasteiger partial charge on any atom is -0.377 e. The van der Waals surface area contributed by atoms with E-state index in [1.165, 1.54) is 19.4 Å². The van der Waals surface area contributed by atoms with E-state index >= 15 is 0 Å². The molecule has 1 aliphatic heterocycles. The summed E-state index contributed by atoms with van der Waals surface area (Å²) in [5.74, 6) is 0. The third kappa shape index (κ3) is 4.37. The van der Waals surface area contributed by atoms with Crippen LogP contribution in [0.1, 0.15) is 68.2 Å². The van der Waals surface area contributed by atoms with Crippen molar-refractivity contribution >= 4 is 0 Å². The molecule has 0 saturated heterocycles. The zero-order chi connectivity index (χ0) is 13.9. The van der Waals surface area contributed by atoms with Crippen molar-refractivity contribution in [2.24, 2.45) is 10.8 Å². The standard InChI is InChI=1S/C14H27N.C2H6/c1-13(2,3)11-9-8-10-15(7)12(11)14(4,5)6;1-2/h8-10H2,1-7H3;1-2H3. The molecule has 0 aromatic rings. The fourth-order valence-electron chi connectivity index (χ4n) is 2.71. The van der Waals surface area contributed by atoms with Crippen molar-refractivity contribution in [3.05, 3.63) is 11.3 Å². The van der Waals surface area contributed by atoms with Crippen LogP contribution in [0.2, 0.25) is 0 Å². The van der Waals surface area contributed by atoms with Gasteiger partial charge in [-0.2, -0.15) is 0 Å². The normalized spacial score (nSPS) is 17.8. The predicted molar refractivity (Wildman–Crippen MR) is 79.1 cm³/mol. The van der Waals surface area contributed by atoms with Crippen molar-refractivity contribution in [3.63, 3.8) is 0 Å². The lowest BCUT2D eigenvalue weighted by atomic mass is 9.74. The summed E-state index contributed by atoms with van der Waals surface area (Å²) < 4.78 is 0. The minimum absolute atomic E-state index is 0.276. The second-order valence-corrected chi connectivity index (χ2v) is 6.85. The van der Waals surface area contributed by atoms with Crippen LogP contribution in [0, 0.1) is 10.8 Å². The van der Waals surface area contributed by atoms with Crippen LogP contribution in [0.15, 0.2) is 11.3 Å². The van der Waals surface area contributed by atoms with Crippen molar-refractivity contribution in [1.29, 1.82) is 0 Å². The topological polar surface area (TPSA) is 3.24 Å². The van der Waals surface area contributed by atoms with Crippen molar-refractivity contribution in [2.75, 3.05) is 13.6 Å². The molecule has 1 rings (SSSR count). The molecule has 0 bridgehead atoms. The monoisotopic (exact) mass is 239 g/mol. The zero-order valence-electron chi connectivity index (χ0n) is 13.6. The minimum atomic E-state index is 0.276. The molecule has 0 aliphatic carbocycles. The van der Waals surface area contributed by atoms with Gasteiger partial charge in [0, 0.05) is 24.7 Å². The molecule has 102 valence electrons. The summed E-state index contributed by atoms with van der Waals surface area (Å²) >= 11 is 0. The first kappa shape index (κ1) is 16.5. The third-order valence-corrected chi connectivity index (χ3v) is 3.20. The lowest BCUT2D eigenvalue weighted by Gasteiger charge is -2.42. The summed E-state index contributed by atoms with van der Waals surface area (Å²) in [6, 6.07) is 0. The summed E-state index contributed by atoms with van der Waals surface area (Å²) in [5, 5.41) is 0. The Hall–Kier alpha value is -0.460. The molecule has 0 unspecified atom stereocenters.